The summed E-state index contributed by atoms with van der Waals surface area (Å²) < 4.78 is 58.3. The smallest absolute Gasteiger partial charge is 0.397 e. The van der Waals surface area contributed by atoms with Gasteiger partial charge in [-0.1, -0.05) is 11.6 Å². The van der Waals surface area contributed by atoms with Crippen LogP contribution in [0.5, 0.6) is 0 Å². The van der Waals surface area contributed by atoms with Crippen molar-refractivity contribution >= 4 is 37.7 Å². The Morgan fingerprint density at radius 2 is 1.95 bits per heavy atom. The molecule has 19 heavy (non-hydrogen) atoms. The van der Waals surface area contributed by atoms with Crippen LogP contribution in [0.4, 0.5) is 5.69 Å². The lowest BCUT2D eigenvalue weighted by molar-refractivity contribution is 0.272. The van der Waals surface area contributed by atoms with Gasteiger partial charge in [0.15, 0.2) is 0 Å². The molecule has 0 amide bonds. The van der Waals surface area contributed by atoms with Crippen molar-refractivity contribution in [2.45, 2.75) is 4.90 Å². The fraction of sp³-hybridized carbons (Fsp3) is 0.250. The van der Waals surface area contributed by atoms with Crippen LogP contribution in [0.3, 0.4) is 0 Å². The van der Waals surface area contributed by atoms with Gasteiger partial charge in [-0.15, -0.1) is 0 Å². The molecule has 0 aromatic heterocycles. The Morgan fingerprint density at radius 3 is 2.47 bits per heavy atom. The van der Waals surface area contributed by atoms with Crippen LogP contribution in [-0.2, 0) is 24.6 Å². The first-order valence-corrected chi connectivity index (χ1v) is 8.01. The first-order valence-electron chi connectivity index (χ1n) is 4.78. The zero-order chi connectivity index (χ0) is 14.7. The van der Waals surface area contributed by atoms with E-state index in [1.54, 1.807) is 0 Å². The zero-order valence-electron chi connectivity index (χ0n) is 9.41. The quantitative estimate of drug-likeness (QED) is 0.380. The third-order valence-corrected chi connectivity index (χ3v) is 4.17. The number of hydrogen-bond acceptors (Lipinski definition) is 6. The molecule has 1 aromatic rings. The monoisotopic (exact) mass is 330 g/mol. The van der Waals surface area contributed by atoms with Crippen molar-refractivity contribution in [2.24, 2.45) is 0 Å². The maximum atomic E-state index is 11.7. The fourth-order valence-corrected chi connectivity index (χ4v) is 2.55. The van der Waals surface area contributed by atoms with E-state index >= 15 is 0 Å². The summed E-state index contributed by atoms with van der Waals surface area (Å²) >= 11 is 5.65. The van der Waals surface area contributed by atoms with Crippen LogP contribution in [0.25, 0.3) is 0 Å². The summed E-state index contributed by atoms with van der Waals surface area (Å²) in [5.41, 5.74) is 5.56. The Labute approximate surface area is 115 Å². The number of halogens is 1. The third-order valence-electron chi connectivity index (χ3n) is 1.90. The van der Waals surface area contributed by atoms with Gasteiger partial charge < -0.3 is 5.73 Å². The number of rotatable bonds is 6. The summed E-state index contributed by atoms with van der Waals surface area (Å²) in [6, 6.07) is 3.72. The Bertz CT molecular complexity index is 658. The van der Waals surface area contributed by atoms with Crippen molar-refractivity contribution in [3.63, 3.8) is 0 Å². The first kappa shape index (κ1) is 16.1. The number of nitrogen functional groups attached to an aromatic ring is 1. The second kappa shape index (κ2) is 6.03. The molecule has 0 saturated carbocycles. The molecule has 0 spiro atoms. The Morgan fingerprint density at radius 1 is 1.32 bits per heavy atom. The van der Waals surface area contributed by atoms with Crippen molar-refractivity contribution < 1.29 is 25.6 Å². The topological polar surface area (TPSA) is 136 Å². The summed E-state index contributed by atoms with van der Waals surface area (Å²) in [5, 5.41) is 0.216. The van der Waals surface area contributed by atoms with Crippen LogP contribution < -0.4 is 10.5 Å². The Balaban J connectivity index is 2.68. The van der Waals surface area contributed by atoms with Crippen LogP contribution in [0.15, 0.2) is 23.1 Å². The van der Waals surface area contributed by atoms with E-state index in [1.807, 2.05) is 0 Å². The van der Waals surface area contributed by atoms with Gasteiger partial charge in [-0.05, 0) is 18.2 Å². The van der Waals surface area contributed by atoms with Crippen LogP contribution in [-0.4, -0.2) is 34.5 Å². The number of sulfonamides is 1. The number of hydrogen-bond donors (Lipinski definition) is 3. The number of nitrogens with two attached hydrogens (primary N) is 1. The minimum atomic E-state index is -4.59. The number of benzene rings is 1. The summed E-state index contributed by atoms with van der Waals surface area (Å²) in [6.07, 6.45) is 0. The molecule has 1 rings (SSSR count). The lowest BCUT2D eigenvalue weighted by atomic mass is 10.3. The molecule has 0 aliphatic heterocycles. The fourth-order valence-electron chi connectivity index (χ4n) is 1.10. The molecular weight excluding hydrogens is 320 g/mol. The van der Waals surface area contributed by atoms with Crippen molar-refractivity contribution in [3.8, 4) is 0 Å². The highest BCUT2D eigenvalue weighted by atomic mass is 35.5. The highest BCUT2D eigenvalue weighted by Crippen LogP contribution is 2.21. The molecule has 8 nitrogen and oxygen atoms in total. The van der Waals surface area contributed by atoms with Crippen molar-refractivity contribution in [2.75, 3.05) is 18.9 Å². The summed E-state index contributed by atoms with van der Waals surface area (Å²) in [6.45, 7) is -0.883. The highest BCUT2D eigenvalue weighted by Gasteiger charge is 2.15. The van der Waals surface area contributed by atoms with Crippen molar-refractivity contribution in [3.05, 3.63) is 23.2 Å². The van der Waals surface area contributed by atoms with Crippen LogP contribution in [0.2, 0.25) is 5.02 Å². The van der Waals surface area contributed by atoms with E-state index in [-0.39, 0.29) is 22.2 Å². The van der Waals surface area contributed by atoms with E-state index < -0.39 is 27.0 Å². The maximum absolute atomic E-state index is 11.7. The minimum Gasteiger partial charge on any atom is -0.397 e. The van der Waals surface area contributed by atoms with Gasteiger partial charge in [-0.3, -0.25) is 4.55 Å². The number of nitrogens with one attached hydrogen (secondary N) is 1. The van der Waals surface area contributed by atoms with Crippen molar-refractivity contribution in [1.82, 2.24) is 4.72 Å². The summed E-state index contributed by atoms with van der Waals surface area (Å²) in [7, 11) is -8.45. The lowest BCUT2D eigenvalue weighted by Crippen LogP contribution is -2.28. The van der Waals surface area contributed by atoms with Crippen molar-refractivity contribution in [1.29, 1.82) is 0 Å². The summed E-state index contributed by atoms with van der Waals surface area (Å²) in [4.78, 5) is -0.124. The van der Waals surface area contributed by atoms with E-state index in [9.17, 15) is 16.8 Å². The Kier molecular flexibility index (Phi) is 5.12. The van der Waals surface area contributed by atoms with Gasteiger partial charge in [0, 0.05) is 6.54 Å². The lowest BCUT2D eigenvalue weighted by Gasteiger charge is -2.07. The van der Waals surface area contributed by atoms with E-state index in [2.05, 4.69) is 8.91 Å². The minimum absolute atomic E-state index is 0.0960. The average Bonchev–Trinajstić information content (AvgIpc) is 2.27. The zero-order valence-corrected chi connectivity index (χ0v) is 11.8. The van der Waals surface area contributed by atoms with Crippen LogP contribution in [0.1, 0.15) is 0 Å². The van der Waals surface area contributed by atoms with E-state index in [0.717, 1.165) is 6.07 Å². The largest absolute Gasteiger partial charge is 0.397 e. The molecule has 0 aliphatic rings. The molecule has 4 N–H and O–H groups in total. The molecule has 0 aliphatic carbocycles. The standard InChI is InChI=1S/C8H11ClN2O6S2/c9-7-2-1-6(5-8(7)10)18(12,13)11-3-4-17-19(14,15)16/h1-2,5,11H,3-4,10H2,(H,14,15,16). The molecule has 108 valence electrons. The second-order valence-electron chi connectivity index (χ2n) is 3.33. The highest BCUT2D eigenvalue weighted by molar-refractivity contribution is 7.89. The molecule has 0 saturated heterocycles. The average molecular weight is 331 g/mol. The molecule has 1 aromatic carbocycles. The van der Waals surface area contributed by atoms with E-state index in [4.69, 9.17) is 21.9 Å². The molecule has 0 fully saturated rings. The normalized spacial score (nSPS) is 12.5. The van der Waals surface area contributed by atoms with Gasteiger partial charge in [-0.2, -0.15) is 8.42 Å². The van der Waals surface area contributed by atoms with Crippen LogP contribution >= 0.6 is 11.6 Å². The SMILES string of the molecule is Nc1cc(S(=O)(=O)NCCOS(=O)(=O)O)ccc1Cl. The van der Waals surface area contributed by atoms with E-state index in [0.29, 0.717) is 0 Å². The molecule has 0 bridgehead atoms. The van der Waals surface area contributed by atoms with Gasteiger partial charge in [0.25, 0.3) is 0 Å². The summed E-state index contributed by atoms with van der Waals surface area (Å²) in [5.74, 6) is 0. The van der Waals surface area contributed by atoms with Gasteiger partial charge in [0.05, 0.1) is 22.2 Å². The van der Waals surface area contributed by atoms with E-state index in [1.165, 1.54) is 12.1 Å². The predicted octanol–water partition coefficient (Wildman–Crippen LogP) is 0.0199. The van der Waals surface area contributed by atoms with Crippen LogP contribution in [0, 0.1) is 0 Å². The first-order chi connectivity index (χ1) is 8.62. The molecule has 0 unspecified atom stereocenters. The molecule has 0 radical (unpaired) electrons. The molecule has 0 heterocycles. The predicted molar refractivity (Wildman–Crippen MR) is 68.6 cm³/mol. The Hall–Kier alpha value is -0.910. The van der Waals surface area contributed by atoms with Gasteiger partial charge in [0.1, 0.15) is 0 Å². The maximum Gasteiger partial charge on any atom is 0.397 e. The third kappa shape index (κ3) is 5.30. The second-order valence-corrected chi connectivity index (χ2v) is 6.60. The van der Waals surface area contributed by atoms with Gasteiger partial charge >= 0.3 is 10.4 Å². The number of anilines is 1. The van der Waals surface area contributed by atoms with Gasteiger partial charge in [-0.25, -0.2) is 17.3 Å². The molecular formula is C8H11ClN2O6S2. The molecule has 0 atom stereocenters. The van der Waals surface area contributed by atoms with Gasteiger partial charge in [0.2, 0.25) is 10.0 Å². The molecule has 11 heteroatoms.